The monoisotopic (exact) mass is 707 g/mol. The van der Waals surface area contributed by atoms with Crippen molar-refractivity contribution in [2.45, 2.75) is 14.4 Å². The number of alkyl halides is 6. The van der Waals surface area contributed by atoms with Crippen molar-refractivity contribution in [3.63, 3.8) is 0 Å². The highest BCUT2D eigenvalue weighted by Crippen LogP contribution is 2.50. The maximum atomic E-state index is 13.5. The van der Waals surface area contributed by atoms with Gasteiger partial charge in [-0.2, -0.15) is 0 Å². The third-order valence-electron chi connectivity index (χ3n) is 0.990. The lowest BCUT2D eigenvalue weighted by Crippen LogP contribution is -2.17. The van der Waals surface area contributed by atoms with E-state index in [1.165, 1.54) is 0 Å². The maximum absolute atomic E-state index is 13.5. The normalized spacial score (nSPS) is 37.0. The van der Waals surface area contributed by atoms with Gasteiger partial charge in [-0.05, 0) is 0 Å². The number of rotatable bonds is 12. The third-order valence-corrected chi connectivity index (χ3v) is 5.80. The average molecular weight is 713 g/mol. The van der Waals surface area contributed by atoms with Crippen LogP contribution < -0.4 is 0 Å². The number of hydrogen-bond donors (Lipinski definition) is 0. The van der Waals surface area contributed by atoms with Gasteiger partial charge in [0.15, 0.2) is 0 Å². The molecule has 0 N–H and O–H groups in total. The van der Waals surface area contributed by atoms with E-state index in [2.05, 4.69) is 109 Å². The molecule has 0 bridgehead atoms. The summed E-state index contributed by atoms with van der Waals surface area (Å²) in [4.78, 5) is -9.66. The molecule has 0 aliphatic carbocycles. The van der Waals surface area contributed by atoms with E-state index in [4.69, 9.17) is 20.6 Å². The summed E-state index contributed by atoms with van der Waals surface area (Å²) in [7, 11) is -6.22. The van der Waals surface area contributed by atoms with Gasteiger partial charge in [0.25, 0.3) is 0 Å². The van der Waals surface area contributed by atoms with Crippen molar-refractivity contribution >= 4 is 103 Å². The van der Waals surface area contributed by atoms with Crippen molar-refractivity contribution < 1.29 is 38.7 Å². The smallest absolute Gasteiger partial charge is 0.286 e. The summed E-state index contributed by atoms with van der Waals surface area (Å²) in [5.41, 5.74) is 0. The molecule has 0 aromatic carbocycles. The molecule has 0 amide bonds. The van der Waals surface area contributed by atoms with Gasteiger partial charge in [0.05, 0.1) is 27.9 Å². The zero-order valence-electron chi connectivity index (χ0n) is 23.8. The molecule has 0 aromatic heterocycles. The molecule has 20 heavy (non-hydrogen) atoms. The van der Waals surface area contributed by atoms with Gasteiger partial charge in [-0.15, -0.1) is 0 Å². The summed E-state index contributed by atoms with van der Waals surface area (Å²) in [6.45, 7) is -11.5. The van der Waals surface area contributed by atoms with Gasteiger partial charge in [0.2, 0.25) is 0 Å². The molecule has 0 aliphatic heterocycles. The van der Waals surface area contributed by atoms with E-state index < -0.39 is 57.8 Å². The summed E-state index contributed by atoms with van der Waals surface area (Å²) < 4.78 is 143. The van der Waals surface area contributed by atoms with E-state index in [0.29, 0.717) is 0 Å². The van der Waals surface area contributed by atoms with Crippen LogP contribution in [0.2, 0.25) is 0 Å². The molecule has 0 saturated carbocycles. The van der Waals surface area contributed by atoms with Crippen LogP contribution in [0.3, 0.4) is 0 Å². The second-order valence-corrected chi connectivity index (χ2v) is 7.26. The Morgan fingerprint density at radius 1 is 0.850 bits per heavy atom. The molecule has 0 aliphatic rings. The minimum Gasteiger partial charge on any atom is -0.286 e. The maximum Gasteiger partial charge on any atom is 0.474 e. The molecule has 0 spiro atoms. The summed E-state index contributed by atoms with van der Waals surface area (Å²) in [6, 6.07) is 0. The highest BCUT2D eigenvalue weighted by Gasteiger charge is 2.29. The highest BCUT2D eigenvalue weighted by molar-refractivity contribution is 9.12. The van der Waals surface area contributed by atoms with Gasteiger partial charge in [0.1, 0.15) is 0 Å². The first-order valence-electron chi connectivity index (χ1n) is 11.5. The molecule has 0 fully saturated rings. The number of phosphoric acid groups is 1. The Morgan fingerprint density at radius 3 is 1.30 bits per heavy atom. The summed E-state index contributed by atoms with van der Waals surface area (Å²) in [5, 5.41) is -9.01. The molecule has 4 nitrogen and oxygen atoms in total. The Kier molecular flexibility index (Phi) is 5.40. The Hall–Kier alpha value is 2.99. The molecule has 0 saturated heterocycles. The van der Waals surface area contributed by atoms with Crippen molar-refractivity contribution in [1.82, 2.24) is 0 Å². The fourth-order valence-electron chi connectivity index (χ4n) is 0.402. The highest BCUT2D eigenvalue weighted by atomic mass is 79.9. The van der Waals surface area contributed by atoms with Gasteiger partial charge < -0.3 is 0 Å². The molecule has 0 unspecified atom stereocenters. The predicted molar refractivity (Wildman–Crippen MR) is 105 cm³/mol. The summed E-state index contributed by atoms with van der Waals surface area (Å²) in [5.74, 6) is 0. The van der Waals surface area contributed by atoms with Crippen LogP contribution in [0.1, 0.15) is 20.6 Å². The lowest BCUT2D eigenvalue weighted by Gasteiger charge is -2.21. The van der Waals surface area contributed by atoms with Crippen LogP contribution in [0.5, 0.6) is 0 Å². The summed E-state index contributed by atoms with van der Waals surface area (Å²) >= 11 is 14.2. The van der Waals surface area contributed by atoms with E-state index in [1.807, 2.05) is 0 Å². The average Bonchev–Trinajstić information content (AvgIpc) is 2.48. The van der Waals surface area contributed by atoms with Crippen LogP contribution in [0, 0.1) is 0 Å². The molecule has 0 heterocycles. The van der Waals surface area contributed by atoms with E-state index in [0.717, 1.165) is 0 Å². The number of halogens is 6. The Bertz CT molecular complexity index is 719. The zero-order valence-corrected chi connectivity index (χ0v) is 19.3. The molecule has 122 valence electrons. The lowest BCUT2D eigenvalue weighted by atomic mass is 10.5. The molecule has 3 atom stereocenters. The predicted octanol–water partition coefficient (Wildman–Crippen LogP) is 5.62. The second-order valence-electron chi connectivity index (χ2n) is 2.25. The van der Waals surface area contributed by atoms with E-state index >= 15 is 0 Å². The minimum absolute atomic E-state index is 2.35. The fraction of sp³-hybridized carbons (Fsp3) is 1.00. The first-order chi connectivity index (χ1) is 14.6. The minimum atomic E-state index is -6.22. The molecule has 0 radical (unpaired) electrons. The topological polar surface area (TPSA) is 44.8 Å². The van der Waals surface area contributed by atoms with Gasteiger partial charge in [-0.25, -0.2) is 4.57 Å². The largest absolute Gasteiger partial charge is 0.474 e. The Labute approximate surface area is 191 Å². The van der Waals surface area contributed by atoms with Crippen LogP contribution in [-0.4, -0.2) is 49.9 Å². The third kappa shape index (κ3) is 11.5. The molecule has 0 rings (SSSR count). The summed E-state index contributed by atoms with van der Waals surface area (Å²) in [6.07, 6.45) is 0. The fourth-order valence-corrected chi connectivity index (χ4v) is 1.98. The Morgan fingerprint density at radius 2 is 1.10 bits per heavy atom. The van der Waals surface area contributed by atoms with Crippen LogP contribution in [0.15, 0.2) is 0 Å². The first-order valence-corrected chi connectivity index (χ1v) is 10.2. The van der Waals surface area contributed by atoms with Gasteiger partial charge in [0, 0.05) is 42.6 Å². The lowest BCUT2D eigenvalue weighted by molar-refractivity contribution is 0.118. The molecular weight excluding hydrogens is 682 g/mol. The van der Waals surface area contributed by atoms with Crippen molar-refractivity contribution in [2.75, 3.05) is 35.5 Å². The van der Waals surface area contributed by atoms with E-state index in [1.54, 1.807) is 0 Å². The molecular formula is C9H15Br6O4P. The van der Waals surface area contributed by atoms with Crippen LogP contribution in [0.25, 0.3) is 0 Å². The SMILES string of the molecule is [2H]C([2H])(Br)[C@@]([2H])(Br)C([2H])([2H])OP(=O)(OC([2H])([2H])[C@]([2H])(Br)C([2H])([2H])Br)OC([2H])([2H])[C@]([2H])(Br)C([2H])([2H])Br. The van der Waals surface area contributed by atoms with Crippen molar-refractivity contribution in [2.24, 2.45) is 0 Å². The van der Waals surface area contributed by atoms with Crippen LogP contribution in [0.4, 0.5) is 0 Å². The van der Waals surface area contributed by atoms with Crippen LogP contribution in [-0.2, 0) is 18.1 Å². The van der Waals surface area contributed by atoms with Gasteiger partial charge in [-0.1, -0.05) is 95.6 Å². The van der Waals surface area contributed by atoms with Crippen LogP contribution >= 0.6 is 103 Å². The van der Waals surface area contributed by atoms with Crippen molar-refractivity contribution in [1.29, 1.82) is 0 Å². The van der Waals surface area contributed by atoms with Gasteiger partial charge in [-0.3, -0.25) is 13.6 Å². The van der Waals surface area contributed by atoms with E-state index in [-0.39, 0.29) is 0 Å². The first kappa shape index (κ1) is 8.12. The molecule has 11 heteroatoms. The van der Waals surface area contributed by atoms with Crippen molar-refractivity contribution in [3.05, 3.63) is 0 Å². The number of hydrogen-bond acceptors (Lipinski definition) is 4. The Balaban J connectivity index is 6.91. The van der Waals surface area contributed by atoms with E-state index in [9.17, 15) is 4.57 Å². The van der Waals surface area contributed by atoms with Crippen molar-refractivity contribution in [3.8, 4) is 0 Å². The second kappa shape index (κ2) is 13.3. The number of phosphoric ester groups is 1. The standard InChI is InChI=1S/C9H15Br6O4P/c10-1-7(13)4-17-20(16,18-5-8(14)2-11)19-6-9(15)3-12/h7-9H,1-6H2/t7-,8-,9-/m1/s1/i1D2,2D2,3D2,4D2,5D2,6D2,7D,8D,9D. The molecule has 0 aromatic rings. The quantitative estimate of drug-likeness (QED) is 0.195. The van der Waals surface area contributed by atoms with Gasteiger partial charge >= 0.3 is 7.82 Å². The zero-order chi connectivity index (χ0) is 29.1.